The number of hydrogen-bond acceptors (Lipinski definition) is 5. The zero-order chi connectivity index (χ0) is 15.5. The van der Waals surface area contributed by atoms with Crippen LogP contribution in [0.4, 0.5) is 5.69 Å². The molecule has 7 heteroatoms. The first kappa shape index (κ1) is 15.2. The van der Waals surface area contributed by atoms with Crippen LogP contribution < -0.4 is 10.5 Å². The number of fused-ring (bicyclic) bond motifs is 1. The zero-order valence-corrected chi connectivity index (χ0v) is 13.7. The fraction of sp³-hybridized carbons (Fsp3) is 0.267. The van der Waals surface area contributed by atoms with Crippen molar-refractivity contribution in [2.75, 3.05) is 17.7 Å². The Morgan fingerprint density at radius 1 is 1.36 bits per heavy atom. The average Bonchev–Trinajstić information content (AvgIpc) is 3.02. The van der Waals surface area contributed by atoms with Crippen LogP contribution in [-0.2, 0) is 16.3 Å². The van der Waals surface area contributed by atoms with Gasteiger partial charge in [-0.3, -0.25) is 9.59 Å². The summed E-state index contributed by atoms with van der Waals surface area (Å²) in [7, 11) is 1.74. The van der Waals surface area contributed by atoms with Gasteiger partial charge in [-0.1, -0.05) is 30.0 Å². The highest BCUT2D eigenvalue weighted by atomic mass is 32.2. The van der Waals surface area contributed by atoms with Gasteiger partial charge in [0.25, 0.3) is 5.56 Å². The van der Waals surface area contributed by atoms with E-state index in [4.69, 9.17) is 0 Å². The van der Waals surface area contributed by atoms with Crippen LogP contribution in [0.1, 0.15) is 11.3 Å². The highest BCUT2D eigenvalue weighted by Crippen LogP contribution is 2.26. The van der Waals surface area contributed by atoms with Gasteiger partial charge in [0.2, 0.25) is 5.91 Å². The second kappa shape index (κ2) is 6.58. The Morgan fingerprint density at radius 2 is 2.14 bits per heavy atom. The lowest BCUT2D eigenvalue weighted by Crippen LogP contribution is -2.28. The molecule has 0 saturated carbocycles. The molecule has 0 saturated heterocycles. The Kier molecular flexibility index (Phi) is 4.54. The number of thioether (sulfide) groups is 2. The molecule has 1 N–H and O–H groups in total. The third kappa shape index (κ3) is 3.20. The van der Waals surface area contributed by atoms with E-state index in [1.807, 2.05) is 30.3 Å². The molecule has 114 valence electrons. The van der Waals surface area contributed by atoms with Gasteiger partial charge < -0.3 is 9.88 Å². The number of amides is 1. The number of nitrogens with one attached hydrogen (secondary N) is 1. The number of para-hydroxylation sites is 1. The molecule has 1 aromatic carbocycles. The highest BCUT2D eigenvalue weighted by molar-refractivity contribution is 7.99. The number of carbonyl (C=O) groups excluding carboxylic acids is 1. The van der Waals surface area contributed by atoms with E-state index in [0.29, 0.717) is 5.16 Å². The average molecular weight is 333 g/mol. The van der Waals surface area contributed by atoms with Gasteiger partial charge in [0.15, 0.2) is 5.16 Å². The quantitative estimate of drug-likeness (QED) is 0.687. The molecule has 1 amide bonds. The Labute approximate surface area is 136 Å². The van der Waals surface area contributed by atoms with E-state index in [1.54, 1.807) is 23.7 Å². The standard InChI is InChI=1S/C15H15N3O2S2/c1-18(10-5-3-2-4-6-10)13(19)9-22-15-16-12-8-21-7-11(12)14(20)17-15/h2-6H,7-9H2,1H3,(H,16,17,20). The molecule has 22 heavy (non-hydrogen) atoms. The lowest BCUT2D eigenvalue weighted by atomic mass is 10.3. The minimum atomic E-state index is -0.0821. The number of aromatic nitrogens is 2. The van der Waals surface area contributed by atoms with Crippen LogP contribution in [0, 0.1) is 0 Å². The van der Waals surface area contributed by atoms with Gasteiger partial charge in [-0.25, -0.2) is 4.98 Å². The summed E-state index contributed by atoms with van der Waals surface area (Å²) >= 11 is 2.95. The summed E-state index contributed by atoms with van der Waals surface area (Å²) in [4.78, 5) is 32.9. The number of rotatable bonds is 4. The maximum atomic E-state index is 12.2. The first-order chi connectivity index (χ1) is 10.6. The first-order valence-electron chi connectivity index (χ1n) is 6.79. The molecule has 2 aromatic rings. The fourth-order valence-electron chi connectivity index (χ4n) is 2.13. The van der Waals surface area contributed by atoms with Crippen LogP contribution in [0.2, 0.25) is 0 Å². The molecule has 3 rings (SSSR count). The largest absolute Gasteiger partial charge is 0.315 e. The van der Waals surface area contributed by atoms with Crippen molar-refractivity contribution in [2.45, 2.75) is 16.7 Å². The fourth-order valence-corrected chi connectivity index (χ4v) is 3.96. The van der Waals surface area contributed by atoms with Crippen molar-refractivity contribution in [1.82, 2.24) is 9.97 Å². The lowest BCUT2D eigenvalue weighted by Gasteiger charge is -2.16. The zero-order valence-electron chi connectivity index (χ0n) is 12.0. The molecule has 2 heterocycles. The van der Waals surface area contributed by atoms with Crippen LogP contribution in [0.15, 0.2) is 40.3 Å². The Bertz CT molecular complexity index is 746. The lowest BCUT2D eigenvalue weighted by molar-refractivity contribution is -0.115. The second-order valence-corrected chi connectivity index (χ2v) is 6.82. The number of anilines is 1. The topological polar surface area (TPSA) is 66.1 Å². The second-order valence-electron chi connectivity index (χ2n) is 4.87. The van der Waals surface area contributed by atoms with Crippen LogP contribution in [0.25, 0.3) is 0 Å². The van der Waals surface area contributed by atoms with Crippen LogP contribution in [0.5, 0.6) is 0 Å². The molecule has 1 aliphatic rings. The predicted octanol–water partition coefficient (Wildman–Crippen LogP) is 2.27. The minimum absolute atomic E-state index is 0.0336. The van der Waals surface area contributed by atoms with Gasteiger partial charge in [0.1, 0.15) is 0 Å². The molecule has 0 aliphatic carbocycles. The van der Waals surface area contributed by atoms with Gasteiger partial charge in [-0.2, -0.15) is 11.8 Å². The van der Waals surface area contributed by atoms with E-state index < -0.39 is 0 Å². The Morgan fingerprint density at radius 3 is 2.91 bits per heavy atom. The normalized spacial score (nSPS) is 13.0. The van der Waals surface area contributed by atoms with Gasteiger partial charge in [-0.15, -0.1) is 0 Å². The van der Waals surface area contributed by atoms with E-state index in [0.717, 1.165) is 28.5 Å². The van der Waals surface area contributed by atoms with Crippen molar-refractivity contribution in [3.63, 3.8) is 0 Å². The molecule has 0 bridgehead atoms. The smallest absolute Gasteiger partial charge is 0.255 e. The van der Waals surface area contributed by atoms with Gasteiger partial charge in [-0.05, 0) is 12.1 Å². The molecule has 1 aromatic heterocycles. The van der Waals surface area contributed by atoms with E-state index in [9.17, 15) is 9.59 Å². The van der Waals surface area contributed by atoms with Gasteiger partial charge in [0.05, 0.1) is 11.4 Å². The van der Waals surface area contributed by atoms with Crippen LogP contribution >= 0.6 is 23.5 Å². The molecule has 0 spiro atoms. The number of H-pyrrole nitrogens is 1. The van der Waals surface area contributed by atoms with Crippen molar-refractivity contribution in [3.05, 3.63) is 51.9 Å². The number of hydrogen-bond donors (Lipinski definition) is 1. The number of carbonyl (C=O) groups is 1. The summed E-state index contributed by atoms with van der Waals surface area (Å²) in [5.74, 6) is 1.69. The summed E-state index contributed by atoms with van der Waals surface area (Å²) in [5.41, 5.74) is 2.38. The van der Waals surface area contributed by atoms with Crippen molar-refractivity contribution in [3.8, 4) is 0 Å². The van der Waals surface area contributed by atoms with E-state index in [-0.39, 0.29) is 17.2 Å². The number of benzene rings is 1. The molecule has 1 aliphatic heterocycles. The maximum Gasteiger partial charge on any atom is 0.255 e. The maximum absolute atomic E-state index is 12.2. The van der Waals surface area contributed by atoms with E-state index in [1.165, 1.54) is 11.8 Å². The summed E-state index contributed by atoms with van der Waals surface area (Å²) in [6.07, 6.45) is 0. The monoisotopic (exact) mass is 333 g/mol. The molecular formula is C15H15N3O2S2. The minimum Gasteiger partial charge on any atom is -0.315 e. The Balaban J connectivity index is 1.67. The number of aromatic amines is 1. The van der Waals surface area contributed by atoms with Gasteiger partial charge >= 0.3 is 0 Å². The molecular weight excluding hydrogens is 318 g/mol. The third-order valence-corrected chi connectivity index (χ3v) is 5.24. The summed E-state index contributed by atoms with van der Waals surface area (Å²) < 4.78 is 0. The SMILES string of the molecule is CN(C(=O)CSc1nc2c(c(=O)[nH]1)CSC2)c1ccccc1. The summed E-state index contributed by atoms with van der Waals surface area (Å²) in [6, 6.07) is 9.46. The third-order valence-electron chi connectivity index (χ3n) is 3.41. The molecule has 0 atom stereocenters. The highest BCUT2D eigenvalue weighted by Gasteiger charge is 2.18. The van der Waals surface area contributed by atoms with Gasteiger partial charge in [0, 0.05) is 29.8 Å². The van der Waals surface area contributed by atoms with Crippen LogP contribution in [-0.4, -0.2) is 28.7 Å². The van der Waals surface area contributed by atoms with Crippen molar-refractivity contribution in [1.29, 1.82) is 0 Å². The number of nitrogens with zero attached hydrogens (tertiary/aromatic N) is 2. The van der Waals surface area contributed by atoms with E-state index in [2.05, 4.69) is 9.97 Å². The van der Waals surface area contributed by atoms with Crippen molar-refractivity contribution < 1.29 is 4.79 Å². The molecule has 0 unspecified atom stereocenters. The van der Waals surface area contributed by atoms with Crippen LogP contribution in [0.3, 0.4) is 0 Å². The van der Waals surface area contributed by atoms with Crippen molar-refractivity contribution >= 4 is 35.1 Å². The molecule has 0 fully saturated rings. The molecule has 5 nitrogen and oxygen atoms in total. The first-order valence-corrected chi connectivity index (χ1v) is 8.93. The predicted molar refractivity (Wildman–Crippen MR) is 90.4 cm³/mol. The van der Waals surface area contributed by atoms with Crippen molar-refractivity contribution in [2.24, 2.45) is 0 Å². The molecule has 0 radical (unpaired) electrons. The van der Waals surface area contributed by atoms with E-state index >= 15 is 0 Å². The Hall–Kier alpha value is -1.73. The summed E-state index contributed by atoms with van der Waals surface area (Å²) in [6.45, 7) is 0. The summed E-state index contributed by atoms with van der Waals surface area (Å²) in [5, 5.41) is 0.515.